The number of halogens is 1. The van der Waals surface area contributed by atoms with Gasteiger partial charge in [-0.15, -0.1) is 19.0 Å². The van der Waals surface area contributed by atoms with Crippen LogP contribution in [0.2, 0.25) is 0 Å². The molecular weight excluding hydrogens is 146 g/mol. The molecule has 1 saturated heterocycles. The number of piperidine rings is 1. The predicted octanol–water partition coefficient (Wildman–Crippen LogP) is 2.13. The molecule has 0 radical (unpaired) electrons. The Morgan fingerprint density at radius 3 is 2.80 bits per heavy atom. The van der Waals surface area contributed by atoms with Gasteiger partial charge in [-0.1, -0.05) is 12.5 Å². The molecule has 2 heteroatoms. The van der Waals surface area contributed by atoms with E-state index >= 15 is 0 Å². The Labute approximate surface area is 69.3 Å². The van der Waals surface area contributed by atoms with Crippen molar-refractivity contribution in [1.82, 2.24) is 5.32 Å². The number of hydrogen-bond acceptors (Lipinski definition) is 1. The van der Waals surface area contributed by atoms with Crippen molar-refractivity contribution in [2.45, 2.75) is 31.7 Å². The van der Waals surface area contributed by atoms with Crippen LogP contribution in [0.15, 0.2) is 12.7 Å². The van der Waals surface area contributed by atoms with Gasteiger partial charge in [-0.25, -0.2) is 0 Å². The highest BCUT2D eigenvalue weighted by Crippen LogP contribution is 2.09. The molecule has 1 N–H and O–H groups in total. The summed E-state index contributed by atoms with van der Waals surface area (Å²) in [6.07, 6.45) is 7.23. The first kappa shape index (κ1) is 9.99. The maximum absolute atomic E-state index is 3.71. The van der Waals surface area contributed by atoms with E-state index in [2.05, 4.69) is 11.9 Å². The lowest BCUT2D eigenvalue weighted by Crippen LogP contribution is -2.33. The molecule has 0 aliphatic carbocycles. The summed E-state index contributed by atoms with van der Waals surface area (Å²) < 4.78 is 0. The van der Waals surface area contributed by atoms with E-state index in [0.717, 1.165) is 12.5 Å². The lowest BCUT2D eigenvalue weighted by Gasteiger charge is -2.21. The Morgan fingerprint density at radius 2 is 2.30 bits per heavy atom. The predicted molar refractivity (Wildman–Crippen MR) is 47.7 cm³/mol. The van der Waals surface area contributed by atoms with Crippen molar-refractivity contribution in [3.63, 3.8) is 0 Å². The Morgan fingerprint density at radius 1 is 1.50 bits per heavy atom. The van der Waals surface area contributed by atoms with Crippen LogP contribution >= 0.6 is 12.4 Å². The van der Waals surface area contributed by atoms with E-state index in [9.17, 15) is 0 Å². The molecule has 0 unspecified atom stereocenters. The first-order valence-corrected chi connectivity index (χ1v) is 3.78. The third-order valence-electron chi connectivity index (χ3n) is 1.86. The summed E-state index contributed by atoms with van der Waals surface area (Å²) in [5, 5.41) is 3.45. The van der Waals surface area contributed by atoms with Crippen molar-refractivity contribution in [3.8, 4) is 0 Å². The lowest BCUT2D eigenvalue weighted by molar-refractivity contribution is 0.404. The Kier molecular flexibility index (Phi) is 5.74. The molecule has 1 aliphatic heterocycles. The van der Waals surface area contributed by atoms with Gasteiger partial charge in [-0.3, -0.25) is 0 Å². The summed E-state index contributed by atoms with van der Waals surface area (Å²) in [5.41, 5.74) is 0. The Hall–Kier alpha value is -0.0100. The Balaban J connectivity index is 0.000000810. The zero-order chi connectivity index (χ0) is 6.53. The fourth-order valence-corrected chi connectivity index (χ4v) is 1.33. The minimum Gasteiger partial charge on any atom is -0.314 e. The van der Waals surface area contributed by atoms with Gasteiger partial charge in [0.1, 0.15) is 0 Å². The highest BCUT2D eigenvalue weighted by atomic mass is 35.5. The van der Waals surface area contributed by atoms with Crippen molar-refractivity contribution in [2.75, 3.05) is 6.54 Å². The Bertz CT molecular complexity index is 87.3. The molecule has 1 rings (SSSR count). The van der Waals surface area contributed by atoms with E-state index in [-0.39, 0.29) is 12.4 Å². The van der Waals surface area contributed by atoms with Crippen LogP contribution in [-0.4, -0.2) is 12.6 Å². The van der Waals surface area contributed by atoms with Gasteiger partial charge >= 0.3 is 0 Å². The van der Waals surface area contributed by atoms with Gasteiger partial charge in [-0.2, -0.15) is 0 Å². The van der Waals surface area contributed by atoms with Crippen LogP contribution in [0.5, 0.6) is 0 Å². The van der Waals surface area contributed by atoms with Gasteiger partial charge in [-0.05, 0) is 25.8 Å². The number of rotatable bonds is 2. The molecule has 0 spiro atoms. The quantitative estimate of drug-likeness (QED) is 0.612. The van der Waals surface area contributed by atoms with Gasteiger partial charge in [0.15, 0.2) is 0 Å². The molecule has 1 aliphatic rings. The molecule has 1 fully saturated rings. The van der Waals surface area contributed by atoms with E-state index in [1.54, 1.807) is 0 Å². The van der Waals surface area contributed by atoms with Crippen molar-refractivity contribution >= 4 is 12.4 Å². The molecule has 1 nitrogen and oxygen atoms in total. The van der Waals surface area contributed by atoms with Crippen molar-refractivity contribution < 1.29 is 0 Å². The maximum atomic E-state index is 3.71. The summed E-state index contributed by atoms with van der Waals surface area (Å²) in [5.74, 6) is 0. The monoisotopic (exact) mass is 161 g/mol. The van der Waals surface area contributed by atoms with E-state index in [4.69, 9.17) is 0 Å². The second-order valence-electron chi connectivity index (χ2n) is 2.67. The molecule has 0 amide bonds. The van der Waals surface area contributed by atoms with Gasteiger partial charge in [0.05, 0.1) is 0 Å². The van der Waals surface area contributed by atoms with Crippen molar-refractivity contribution in [2.24, 2.45) is 0 Å². The minimum atomic E-state index is 0. The van der Waals surface area contributed by atoms with Crippen molar-refractivity contribution in [1.29, 1.82) is 0 Å². The second kappa shape index (κ2) is 5.75. The molecule has 0 aromatic rings. The van der Waals surface area contributed by atoms with Crippen LogP contribution in [0.4, 0.5) is 0 Å². The molecule has 0 saturated carbocycles. The average molecular weight is 162 g/mol. The van der Waals surface area contributed by atoms with Gasteiger partial charge in [0.25, 0.3) is 0 Å². The summed E-state index contributed by atoms with van der Waals surface area (Å²) in [6.45, 7) is 4.92. The van der Waals surface area contributed by atoms with E-state index in [1.165, 1.54) is 25.8 Å². The fourth-order valence-electron chi connectivity index (χ4n) is 1.33. The molecule has 1 atom stereocenters. The minimum absolute atomic E-state index is 0. The van der Waals surface area contributed by atoms with Crippen LogP contribution in [0, 0.1) is 0 Å². The summed E-state index contributed by atoms with van der Waals surface area (Å²) in [7, 11) is 0. The summed E-state index contributed by atoms with van der Waals surface area (Å²) >= 11 is 0. The highest BCUT2D eigenvalue weighted by molar-refractivity contribution is 5.85. The molecule has 1 heterocycles. The highest BCUT2D eigenvalue weighted by Gasteiger charge is 2.09. The van der Waals surface area contributed by atoms with Gasteiger partial charge < -0.3 is 5.32 Å². The smallest absolute Gasteiger partial charge is 0.0101 e. The van der Waals surface area contributed by atoms with Crippen LogP contribution in [-0.2, 0) is 0 Å². The first-order chi connectivity index (χ1) is 4.43. The molecule has 0 bridgehead atoms. The van der Waals surface area contributed by atoms with Crippen LogP contribution in [0.3, 0.4) is 0 Å². The standard InChI is InChI=1S/C8H15N.ClH/c1-2-5-8-6-3-4-7-9-8;/h2,8-9H,1,3-7H2;1H/t8-;/m0./s1. The SMILES string of the molecule is C=CC[C@H]1CCCCN1.Cl. The largest absolute Gasteiger partial charge is 0.314 e. The molecule has 0 aromatic carbocycles. The van der Waals surface area contributed by atoms with E-state index < -0.39 is 0 Å². The number of nitrogens with one attached hydrogen (secondary N) is 1. The lowest BCUT2D eigenvalue weighted by atomic mass is 10.0. The molecular formula is C8H16ClN. The number of hydrogen-bond donors (Lipinski definition) is 1. The van der Waals surface area contributed by atoms with Gasteiger partial charge in [0, 0.05) is 6.04 Å². The van der Waals surface area contributed by atoms with Crippen LogP contribution in [0.25, 0.3) is 0 Å². The third-order valence-corrected chi connectivity index (χ3v) is 1.86. The zero-order valence-electron chi connectivity index (χ0n) is 6.31. The summed E-state index contributed by atoms with van der Waals surface area (Å²) in [4.78, 5) is 0. The maximum Gasteiger partial charge on any atom is 0.0101 e. The van der Waals surface area contributed by atoms with Crippen LogP contribution < -0.4 is 5.32 Å². The average Bonchev–Trinajstić information content (AvgIpc) is 1.91. The first-order valence-electron chi connectivity index (χ1n) is 3.78. The molecule has 0 aromatic heterocycles. The normalized spacial score (nSPS) is 25.0. The third kappa shape index (κ3) is 3.23. The second-order valence-corrected chi connectivity index (χ2v) is 2.67. The van der Waals surface area contributed by atoms with Crippen LogP contribution in [0.1, 0.15) is 25.7 Å². The zero-order valence-corrected chi connectivity index (χ0v) is 7.12. The topological polar surface area (TPSA) is 12.0 Å². The molecule has 10 heavy (non-hydrogen) atoms. The van der Waals surface area contributed by atoms with E-state index in [1.807, 2.05) is 6.08 Å². The van der Waals surface area contributed by atoms with Crippen molar-refractivity contribution in [3.05, 3.63) is 12.7 Å². The van der Waals surface area contributed by atoms with E-state index in [0.29, 0.717) is 0 Å². The molecule has 60 valence electrons. The fraction of sp³-hybridized carbons (Fsp3) is 0.750. The summed E-state index contributed by atoms with van der Waals surface area (Å²) in [6, 6.07) is 0.733. The van der Waals surface area contributed by atoms with Gasteiger partial charge in [0.2, 0.25) is 0 Å².